The van der Waals surface area contributed by atoms with Crippen LogP contribution in [-0.2, 0) is 16.1 Å². The van der Waals surface area contributed by atoms with Gasteiger partial charge in [-0.25, -0.2) is 9.78 Å². The Morgan fingerprint density at radius 3 is 2.95 bits per heavy atom. The number of thiazole rings is 1. The lowest BCUT2D eigenvalue weighted by molar-refractivity contribution is 0.0697. The third kappa shape index (κ3) is 3.23. The van der Waals surface area contributed by atoms with Crippen LogP contribution in [0.25, 0.3) is 0 Å². The van der Waals surface area contributed by atoms with Crippen LogP contribution in [0.15, 0.2) is 0 Å². The van der Waals surface area contributed by atoms with Gasteiger partial charge < -0.3 is 19.5 Å². The minimum atomic E-state index is -0.941. The summed E-state index contributed by atoms with van der Waals surface area (Å²) >= 11 is 1.22. The van der Waals surface area contributed by atoms with Crippen molar-refractivity contribution in [2.45, 2.75) is 13.0 Å². The molecule has 1 aromatic rings. The molecular formula is C12H18N2O4S. The number of aromatic nitrogens is 1. The molecule has 106 valence electrons. The highest BCUT2D eigenvalue weighted by Crippen LogP contribution is 2.31. The van der Waals surface area contributed by atoms with Crippen LogP contribution in [0.1, 0.15) is 21.8 Å². The molecule has 2 rings (SSSR count). The molecule has 0 amide bonds. The molecule has 1 aromatic heterocycles. The van der Waals surface area contributed by atoms with Gasteiger partial charge in [0.1, 0.15) is 4.88 Å². The lowest BCUT2D eigenvalue weighted by atomic mass is 10.1. The monoisotopic (exact) mass is 286 g/mol. The molecule has 1 unspecified atom stereocenters. The summed E-state index contributed by atoms with van der Waals surface area (Å²) in [5.74, 6) is -0.448. The molecule has 1 saturated heterocycles. The fourth-order valence-electron chi connectivity index (χ4n) is 2.25. The summed E-state index contributed by atoms with van der Waals surface area (Å²) in [5.41, 5.74) is 0.505. The zero-order valence-electron chi connectivity index (χ0n) is 11.1. The number of rotatable bonds is 6. The van der Waals surface area contributed by atoms with Crippen molar-refractivity contribution in [1.82, 2.24) is 4.98 Å². The Balaban J connectivity index is 2.12. The van der Waals surface area contributed by atoms with Crippen molar-refractivity contribution in [2.75, 3.05) is 38.8 Å². The molecule has 1 fully saturated rings. The Labute approximate surface area is 116 Å². The Hall–Kier alpha value is -1.18. The van der Waals surface area contributed by atoms with Crippen LogP contribution in [0.3, 0.4) is 0 Å². The van der Waals surface area contributed by atoms with Crippen molar-refractivity contribution in [2.24, 2.45) is 5.92 Å². The van der Waals surface area contributed by atoms with E-state index < -0.39 is 5.97 Å². The molecule has 6 nitrogen and oxygen atoms in total. The van der Waals surface area contributed by atoms with Crippen molar-refractivity contribution >= 4 is 22.4 Å². The van der Waals surface area contributed by atoms with E-state index in [2.05, 4.69) is 9.88 Å². The molecule has 19 heavy (non-hydrogen) atoms. The molecule has 0 radical (unpaired) electrons. The molecule has 1 aliphatic heterocycles. The largest absolute Gasteiger partial charge is 0.477 e. The van der Waals surface area contributed by atoms with E-state index in [9.17, 15) is 4.79 Å². The zero-order valence-corrected chi connectivity index (χ0v) is 11.9. The van der Waals surface area contributed by atoms with Gasteiger partial charge in [0.2, 0.25) is 0 Å². The van der Waals surface area contributed by atoms with E-state index in [0.717, 1.165) is 31.2 Å². The minimum Gasteiger partial charge on any atom is -0.477 e. The van der Waals surface area contributed by atoms with Crippen LogP contribution in [0.5, 0.6) is 0 Å². The lowest BCUT2D eigenvalue weighted by Gasteiger charge is -2.14. The van der Waals surface area contributed by atoms with Gasteiger partial charge in [-0.3, -0.25) is 0 Å². The number of carboxylic acids is 1. The van der Waals surface area contributed by atoms with Crippen LogP contribution in [-0.4, -0.2) is 50.0 Å². The standard InChI is InChI=1S/C12H18N2O4S/c1-17-6-8-3-4-14(5-8)12-13-9(7-18-2)10(19-12)11(15)16/h8H,3-7H2,1-2H3,(H,15,16). The number of nitrogens with zero attached hydrogens (tertiary/aromatic N) is 2. The SMILES string of the molecule is COCc1nc(N2CCC(COC)C2)sc1C(=O)O. The van der Waals surface area contributed by atoms with Gasteiger partial charge in [0.15, 0.2) is 5.13 Å². The molecule has 1 N–H and O–H groups in total. The molecule has 0 bridgehead atoms. The second-order valence-corrected chi connectivity index (χ2v) is 5.54. The summed E-state index contributed by atoms with van der Waals surface area (Å²) in [7, 11) is 3.24. The van der Waals surface area contributed by atoms with Crippen molar-refractivity contribution < 1.29 is 19.4 Å². The maximum Gasteiger partial charge on any atom is 0.347 e. The van der Waals surface area contributed by atoms with Gasteiger partial charge in [-0.1, -0.05) is 11.3 Å². The molecule has 0 spiro atoms. The topological polar surface area (TPSA) is 71.9 Å². The second-order valence-electron chi connectivity index (χ2n) is 4.57. The first-order chi connectivity index (χ1) is 9.15. The minimum absolute atomic E-state index is 0.230. The van der Waals surface area contributed by atoms with Crippen molar-refractivity contribution in [1.29, 1.82) is 0 Å². The maximum atomic E-state index is 11.2. The van der Waals surface area contributed by atoms with Gasteiger partial charge >= 0.3 is 5.97 Å². The van der Waals surface area contributed by atoms with Gasteiger partial charge in [0.05, 0.1) is 18.9 Å². The highest BCUT2D eigenvalue weighted by atomic mass is 32.1. The highest BCUT2D eigenvalue weighted by molar-refractivity contribution is 7.17. The predicted octanol–water partition coefficient (Wildman–Crippen LogP) is 1.46. The third-order valence-electron chi connectivity index (χ3n) is 3.12. The van der Waals surface area contributed by atoms with Crippen LogP contribution in [0.2, 0.25) is 0 Å². The summed E-state index contributed by atoms with van der Waals surface area (Å²) in [6.07, 6.45) is 1.05. The van der Waals surface area contributed by atoms with Gasteiger partial charge in [0.25, 0.3) is 0 Å². The highest BCUT2D eigenvalue weighted by Gasteiger charge is 2.27. The molecule has 0 aliphatic carbocycles. The Morgan fingerprint density at radius 2 is 2.32 bits per heavy atom. The van der Waals surface area contributed by atoms with Crippen LogP contribution in [0, 0.1) is 5.92 Å². The summed E-state index contributed by atoms with van der Waals surface area (Å²) in [4.78, 5) is 18.0. The number of hydrogen-bond donors (Lipinski definition) is 1. The molecule has 1 aliphatic rings. The Bertz CT molecular complexity index is 449. The smallest absolute Gasteiger partial charge is 0.347 e. The molecular weight excluding hydrogens is 268 g/mol. The maximum absolute atomic E-state index is 11.2. The van der Waals surface area contributed by atoms with Crippen molar-refractivity contribution in [3.8, 4) is 0 Å². The fraction of sp³-hybridized carbons (Fsp3) is 0.667. The summed E-state index contributed by atoms with van der Waals surface area (Å²) < 4.78 is 10.2. The van der Waals surface area contributed by atoms with E-state index in [1.165, 1.54) is 18.4 Å². The van der Waals surface area contributed by atoms with Crippen molar-refractivity contribution in [3.63, 3.8) is 0 Å². The summed E-state index contributed by atoms with van der Waals surface area (Å²) in [5, 5.41) is 9.93. The number of methoxy groups -OCH3 is 2. The van der Waals surface area contributed by atoms with E-state index in [-0.39, 0.29) is 11.5 Å². The number of carboxylic acid groups (broad SMARTS) is 1. The molecule has 1 atom stereocenters. The fourth-order valence-corrected chi connectivity index (χ4v) is 3.20. The van der Waals surface area contributed by atoms with Gasteiger partial charge in [0, 0.05) is 33.2 Å². The molecule has 2 heterocycles. The number of carbonyl (C=O) groups is 1. The van der Waals surface area contributed by atoms with Crippen LogP contribution >= 0.6 is 11.3 Å². The summed E-state index contributed by atoms with van der Waals surface area (Å²) in [6, 6.07) is 0. The Kier molecular flexibility index (Phi) is 4.73. The first-order valence-electron chi connectivity index (χ1n) is 6.11. The van der Waals surface area contributed by atoms with E-state index in [4.69, 9.17) is 14.6 Å². The lowest BCUT2D eigenvalue weighted by Crippen LogP contribution is -2.20. The number of aromatic carboxylic acids is 1. The number of hydrogen-bond acceptors (Lipinski definition) is 6. The Morgan fingerprint density at radius 1 is 1.53 bits per heavy atom. The van der Waals surface area contributed by atoms with E-state index >= 15 is 0 Å². The van der Waals surface area contributed by atoms with E-state index in [0.29, 0.717) is 11.6 Å². The predicted molar refractivity (Wildman–Crippen MR) is 72.0 cm³/mol. The number of ether oxygens (including phenoxy) is 2. The number of anilines is 1. The third-order valence-corrected chi connectivity index (χ3v) is 4.27. The average molecular weight is 286 g/mol. The van der Waals surface area contributed by atoms with Crippen LogP contribution in [0.4, 0.5) is 5.13 Å². The van der Waals surface area contributed by atoms with Gasteiger partial charge in [-0.2, -0.15) is 0 Å². The molecule has 7 heteroatoms. The first-order valence-corrected chi connectivity index (χ1v) is 6.93. The quantitative estimate of drug-likeness (QED) is 0.853. The average Bonchev–Trinajstić information content (AvgIpc) is 2.96. The van der Waals surface area contributed by atoms with Crippen LogP contribution < -0.4 is 4.90 Å². The van der Waals surface area contributed by atoms with Gasteiger partial charge in [-0.15, -0.1) is 0 Å². The van der Waals surface area contributed by atoms with Crippen molar-refractivity contribution in [3.05, 3.63) is 10.6 Å². The normalized spacial score (nSPS) is 19.1. The summed E-state index contributed by atoms with van der Waals surface area (Å²) in [6.45, 7) is 2.73. The van der Waals surface area contributed by atoms with Gasteiger partial charge in [-0.05, 0) is 6.42 Å². The van der Waals surface area contributed by atoms with E-state index in [1.54, 1.807) is 7.11 Å². The molecule has 0 aromatic carbocycles. The van der Waals surface area contributed by atoms with E-state index in [1.807, 2.05) is 0 Å². The molecule has 0 saturated carbocycles. The first kappa shape index (κ1) is 14.2. The zero-order chi connectivity index (χ0) is 13.8. The second kappa shape index (κ2) is 6.31.